The minimum absolute atomic E-state index is 0.0715. The number of esters is 1. The van der Waals surface area contributed by atoms with E-state index in [4.69, 9.17) is 9.15 Å². The maximum absolute atomic E-state index is 12.6. The number of pyridine rings is 1. The van der Waals surface area contributed by atoms with E-state index in [1.807, 2.05) is 30.3 Å². The van der Waals surface area contributed by atoms with Gasteiger partial charge in [0, 0.05) is 36.5 Å². The van der Waals surface area contributed by atoms with E-state index in [-0.39, 0.29) is 22.6 Å². The zero-order valence-electron chi connectivity index (χ0n) is 15.6. The molecule has 0 amide bonds. The summed E-state index contributed by atoms with van der Waals surface area (Å²) in [5, 5.41) is 10.9. The normalized spacial score (nSPS) is 10.8. The van der Waals surface area contributed by atoms with Crippen LogP contribution in [-0.4, -0.2) is 16.1 Å². The Balaban J connectivity index is 1.72. The SMILES string of the molecule is Cc1c(Cc2ccccc2)c(=O)oc2cc(OC(=O)c3cccnc3)cc(O)c12. The first-order valence-corrected chi connectivity index (χ1v) is 8.98. The number of phenols is 1. The van der Waals surface area contributed by atoms with E-state index in [0.29, 0.717) is 22.9 Å². The number of aryl methyl sites for hydroxylation is 1. The van der Waals surface area contributed by atoms with Crippen LogP contribution in [0.5, 0.6) is 11.5 Å². The monoisotopic (exact) mass is 387 g/mol. The molecule has 0 radical (unpaired) electrons. The average Bonchev–Trinajstić information content (AvgIpc) is 2.72. The van der Waals surface area contributed by atoms with Crippen LogP contribution in [-0.2, 0) is 6.42 Å². The molecule has 144 valence electrons. The van der Waals surface area contributed by atoms with E-state index in [1.165, 1.54) is 18.3 Å². The highest BCUT2D eigenvalue weighted by molar-refractivity contribution is 5.93. The molecule has 29 heavy (non-hydrogen) atoms. The summed E-state index contributed by atoms with van der Waals surface area (Å²) in [6, 6.07) is 15.5. The molecule has 2 aromatic heterocycles. The number of phenolic OH excluding ortho intramolecular Hbond substituents is 1. The van der Waals surface area contributed by atoms with Crippen LogP contribution in [0.4, 0.5) is 0 Å². The van der Waals surface area contributed by atoms with Crippen LogP contribution >= 0.6 is 0 Å². The second-order valence-corrected chi connectivity index (χ2v) is 6.60. The summed E-state index contributed by atoms with van der Waals surface area (Å²) < 4.78 is 10.7. The van der Waals surface area contributed by atoms with E-state index in [2.05, 4.69) is 4.98 Å². The molecule has 0 fully saturated rings. The summed E-state index contributed by atoms with van der Waals surface area (Å²) in [7, 11) is 0. The van der Waals surface area contributed by atoms with Crippen LogP contribution in [0, 0.1) is 6.92 Å². The average molecular weight is 387 g/mol. The second-order valence-electron chi connectivity index (χ2n) is 6.60. The molecule has 2 heterocycles. The summed E-state index contributed by atoms with van der Waals surface area (Å²) in [5.41, 5.74) is 1.99. The van der Waals surface area contributed by atoms with Crippen LogP contribution in [0.3, 0.4) is 0 Å². The summed E-state index contributed by atoms with van der Waals surface area (Å²) in [6.45, 7) is 1.76. The van der Waals surface area contributed by atoms with Crippen molar-refractivity contribution in [1.82, 2.24) is 4.98 Å². The molecule has 6 nitrogen and oxygen atoms in total. The zero-order chi connectivity index (χ0) is 20.4. The highest BCUT2D eigenvalue weighted by Crippen LogP contribution is 2.33. The number of carbonyl (C=O) groups excluding carboxylic acids is 1. The maximum atomic E-state index is 12.6. The maximum Gasteiger partial charge on any atom is 0.345 e. The fourth-order valence-electron chi connectivity index (χ4n) is 3.21. The van der Waals surface area contributed by atoms with Crippen molar-refractivity contribution in [2.75, 3.05) is 0 Å². The predicted molar refractivity (Wildman–Crippen MR) is 107 cm³/mol. The molecule has 2 aromatic carbocycles. The third kappa shape index (κ3) is 3.73. The summed E-state index contributed by atoms with van der Waals surface area (Å²) in [4.78, 5) is 28.6. The van der Waals surface area contributed by atoms with Gasteiger partial charge in [-0.3, -0.25) is 4.98 Å². The first-order valence-electron chi connectivity index (χ1n) is 8.98. The minimum Gasteiger partial charge on any atom is -0.507 e. The Morgan fingerprint density at radius 2 is 1.93 bits per heavy atom. The molecule has 0 aliphatic carbocycles. The summed E-state index contributed by atoms with van der Waals surface area (Å²) >= 11 is 0. The number of aromatic hydroxyl groups is 1. The van der Waals surface area contributed by atoms with E-state index in [9.17, 15) is 14.7 Å². The Hall–Kier alpha value is -3.93. The van der Waals surface area contributed by atoms with Crippen LogP contribution in [0.2, 0.25) is 0 Å². The summed E-state index contributed by atoms with van der Waals surface area (Å²) in [6.07, 6.45) is 3.31. The lowest BCUT2D eigenvalue weighted by molar-refractivity contribution is 0.0734. The van der Waals surface area contributed by atoms with Gasteiger partial charge in [-0.15, -0.1) is 0 Å². The molecule has 0 bridgehead atoms. The number of carbonyl (C=O) groups is 1. The van der Waals surface area contributed by atoms with Crippen LogP contribution in [0.1, 0.15) is 27.0 Å². The number of hydrogen-bond acceptors (Lipinski definition) is 6. The first kappa shape index (κ1) is 18.4. The molecule has 0 saturated carbocycles. The Morgan fingerprint density at radius 1 is 1.14 bits per heavy atom. The fraction of sp³-hybridized carbons (Fsp3) is 0.0870. The predicted octanol–water partition coefficient (Wildman–Crippen LogP) is 4.01. The second kappa shape index (κ2) is 7.59. The van der Waals surface area contributed by atoms with E-state index >= 15 is 0 Å². The molecular formula is C23H17NO5. The fourth-order valence-corrected chi connectivity index (χ4v) is 3.21. The number of rotatable bonds is 4. The van der Waals surface area contributed by atoms with Gasteiger partial charge in [-0.25, -0.2) is 9.59 Å². The van der Waals surface area contributed by atoms with Crippen molar-refractivity contribution >= 4 is 16.9 Å². The largest absolute Gasteiger partial charge is 0.507 e. The standard InChI is InChI=1S/C23H17NO5/c1-14-18(10-15-6-3-2-4-7-15)23(27)29-20-12-17(11-19(25)21(14)20)28-22(26)16-8-5-9-24-13-16/h2-9,11-13,25H,10H2,1H3. The van der Waals surface area contributed by atoms with Crippen LogP contribution in [0.25, 0.3) is 11.0 Å². The van der Waals surface area contributed by atoms with Gasteiger partial charge in [-0.1, -0.05) is 30.3 Å². The van der Waals surface area contributed by atoms with Crippen molar-refractivity contribution in [3.05, 3.63) is 99.7 Å². The Kier molecular flexibility index (Phi) is 4.83. The molecule has 6 heteroatoms. The first-order chi connectivity index (χ1) is 14.0. The van der Waals surface area contributed by atoms with Crippen molar-refractivity contribution in [1.29, 1.82) is 0 Å². The minimum atomic E-state index is -0.628. The van der Waals surface area contributed by atoms with Gasteiger partial charge >= 0.3 is 11.6 Å². The molecule has 1 N–H and O–H groups in total. The third-order valence-corrected chi connectivity index (χ3v) is 4.66. The molecule has 0 saturated heterocycles. The molecule has 0 aliphatic rings. The van der Waals surface area contributed by atoms with Crippen LogP contribution in [0.15, 0.2) is 76.2 Å². The van der Waals surface area contributed by atoms with Gasteiger partial charge in [0.2, 0.25) is 0 Å². The van der Waals surface area contributed by atoms with E-state index < -0.39 is 11.6 Å². The molecule has 0 aliphatic heterocycles. The van der Waals surface area contributed by atoms with Crippen molar-refractivity contribution in [2.24, 2.45) is 0 Å². The Morgan fingerprint density at radius 3 is 2.66 bits per heavy atom. The highest BCUT2D eigenvalue weighted by atomic mass is 16.5. The van der Waals surface area contributed by atoms with Crippen molar-refractivity contribution < 1.29 is 19.1 Å². The number of benzene rings is 2. The topological polar surface area (TPSA) is 89.6 Å². The summed E-state index contributed by atoms with van der Waals surface area (Å²) in [5.74, 6) is -0.689. The molecule has 0 spiro atoms. The smallest absolute Gasteiger partial charge is 0.345 e. The number of aromatic nitrogens is 1. The lowest BCUT2D eigenvalue weighted by Gasteiger charge is -2.11. The molecular weight excluding hydrogens is 370 g/mol. The number of fused-ring (bicyclic) bond motifs is 1. The third-order valence-electron chi connectivity index (χ3n) is 4.66. The van der Waals surface area contributed by atoms with Gasteiger partial charge < -0.3 is 14.3 Å². The van der Waals surface area contributed by atoms with Gasteiger partial charge in [0.15, 0.2) is 0 Å². The lowest BCUT2D eigenvalue weighted by atomic mass is 9.99. The highest BCUT2D eigenvalue weighted by Gasteiger charge is 2.17. The zero-order valence-corrected chi connectivity index (χ0v) is 15.6. The van der Waals surface area contributed by atoms with Crippen molar-refractivity contribution in [2.45, 2.75) is 13.3 Å². The van der Waals surface area contributed by atoms with Gasteiger partial charge in [0.25, 0.3) is 0 Å². The van der Waals surface area contributed by atoms with E-state index in [0.717, 1.165) is 5.56 Å². The number of nitrogens with zero attached hydrogens (tertiary/aromatic N) is 1. The molecule has 4 rings (SSSR count). The number of ether oxygens (including phenoxy) is 1. The Bertz CT molecular complexity index is 1250. The van der Waals surface area contributed by atoms with E-state index in [1.54, 1.807) is 25.3 Å². The molecule has 0 atom stereocenters. The Labute approximate surface area is 166 Å². The molecule has 4 aromatic rings. The van der Waals surface area contributed by atoms with Gasteiger partial charge in [0.1, 0.15) is 17.1 Å². The van der Waals surface area contributed by atoms with Gasteiger partial charge in [0.05, 0.1) is 10.9 Å². The molecule has 0 unspecified atom stereocenters. The van der Waals surface area contributed by atoms with Crippen LogP contribution < -0.4 is 10.4 Å². The van der Waals surface area contributed by atoms with Gasteiger partial charge in [-0.2, -0.15) is 0 Å². The van der Waals surface area contributed by atoms with Gasteiger partial charge in [-0.05, 0) is 30.2 Å². The number of hydrogen-bond donors (Lipinski definition) is 1. The lowest BCUT2D eigenvalue weighted by Crippen LogP contribution is -2.12. The quantitative estimate of drug-likeness (QED) is 0.323. The van der Waals surface area contributed by atoms with Crippen molar-refractivity contribution in [3.63, 3.8) is 0 Å². The van der Waals surface area contributed by atoms with Crippen molar-refractivity contribution in [3.8, 4) is 11.5 Å².